The molecule has 106 valence electrons. The Balaban J connectivity index is 1.89. The van der Waals surface area contributed by atoms with Gasteiger partial charge in [0.05, 0.1) is 0 Å². The van der Waals surface area contributed by atoms with Gasteiger partial charge in [-0.3, -0.25) is 0 Å². The molecule has 0 bridgehead atoms. The van der Waals surface area contributed by atoms with E-state index in [1.807, 2.05) is 30.3 Å². The first-order valence-electron chi connectivity index (χ1n) is 6.34. The third kappa shape index (κ3) is 3.79. The fourth-order valence-electron chi connectivity index (χ4n) is 1.85. The minimum absolute atomic E-state index is 0.0167. The van der Waals surface area contributed by atoms with Crippen molar-refractivity contribution in [3.8, 4) is 0 Å². The van der Waals surface area contributed by atoms with Crippen LogP contribution >= 0.6 is 0 Å². The summed E-state index contributed by atoms with van der Waals surface area (Å²) in [5, 5.41) is 0. The maximum Gasteiger partial charge on any atom is 0.244 e. The fourth-order valence-corrected chi connectivity index (χ4v) is 3.01. The summed E-state index contributed by atoms with van der Waals surface area (Å²) in [5.41, 5.74) is 6.76. The summed E-state index contributed by atoms with van der Waals surface area (Å²) in [5.74, 6) is 0.0167. The molecule has 0 saturated carbocycles. The Labute approximate surface area is 118 Å². The number of nitrogens with two attached hydrogens (primary N) is 1. The molecule has 0 aliphatic rings. The Bertz CT molecular complexity index is 657. The van der Waals surface area contributed by atoms with Gasteiger partial charge in [0.15, 0.2) is 0 Å². The van der Waals surface area contributed by atoms with Crippen molar-refractivity contribution >= 4 is 15.8 Å². The number of nitrogens with one attached hydrogen (secondary N) is 1. The van der Waals surface area contributed by atoms with Crippen molar-refractivity contribution < 1.29 is 8.42 Å². The molecule has 0 spiro atoms. The molecule has 0 radical (unpaired) electrons. The van der Waals surface area contributed by atoms with Gasteiger partial charge in [0.1, 0.15) is 10.7 Å². The zero-order chi connectivity index (χ0) is 14.4. The lowest BCUT2D eigenvalue weighted by Gasteiger charge is -2.08. The van der Waals surface area contributed by atoms with Crippen molar-refractivity contribution in [3.63, 3.8) is 0 Å². The van der Waals surface area contributed by atoms with Gasteiger partial charge in [-0.25, -0.2) is 18.1 Å². The summed E-state index contributed by atoms with van der Waals surface area (Å²) in [6, 6.07) is 12.9. The summed E-state index contributed by atoms with van der Waals surface area (Å²) < 4.78 is 26.6. The number of hydrogen-bond donors (Lipinski definition) is 2. The van der Waals surface area contributed by atoms with Crippen LogP contribution in [0.3, 0.4) is 0 Å². The number of aromatic nitrogens is 1. The molecule has 0 unspecified atom stereocenters. The van der Waals surface area contributed by atoms with Crippen molar-refractivity contribution in [2.75, 3.05) is 12.3 Å². The second-order valence-electron chi connectivity index (χ2n) is 4.37. The number of aryl methyl sites for hydroxylation is 1. The van der Waals surface area contributed by atoms with E-state index < -0.39 is 10.0 Å². The molecule has 6 heteroatoms. The number of sulfonamides is 1. The predicted octanol–water partition coefficient (Wildman–Crippen LogP) is 1.57. The van der Waals surface area contributed by atoms with Crippen molar-refractivity contribution in [1.82, 2.24) is 9.71 Å². The van der Waals surface area contributed by atoms with Gasteiger partial charge in [-0.05, 0) is 30.5 Å². The van der Waals surface area contributed by atoms with E-state index in [4.69, 9.17) is 5.73 Å². The van der Waals surface area contributed by atoms with Crippen LogP contribution in [0.15, 0.2) is 53.6 Å². The fraction of sp³-hybridized carbons (Fsp3) is 0.214. The van der Waals surface area contributed by atoms with Crippen LogP contribution < -0.4 is 10.5 Å². The molecule has 0 aliphatic heterocycles. The van der Waals surface area contributed by atoms with Crippen molar-refractivity contribution in [3.05, 3.63) is 54.2 Å². The highest BCUT2D eigenvalue weighted by Gasteiger charge is 2.16. The molecule has 5 nitrogen and oxygen atoms in total. The maximum atomic E-state index is 12.0. The van der Waals surface area contributed by atoms with Crippen LogP contribution in [-0.4, -0.2) is 19.9 Å². The highest BCUT2D eigenvalue weighted by Crippen LogP contribution is 2.14. The van der Waals surface area contributed by atoms with E-state index in [0.29, 0.717) is 6.54 Å². The molecule has 0 saturated heterocycles. The van der Waals surface area contributed by atoms with E-state index in [2.05, 4.69) is 9.71 Å². The van der Waals surface area contributed by atoms with Crippen LogP contribution in [0.25, 0.3) is 0 Å². The Hall–Kier alpha value is -1.92. The van der Waals surface area contributed by atoms with E-state index in [1.165, 1.54) is 17.8 Å². The largest absolute Gasteiger partial charge is 0.383 e. The Kier molecular flexibility index (Phi) is 4.70. The summed E-state index contributed by atoms with van der Waals surface area (Å²) in [4.78, 5) is 3.81. The second kappa shape index (κ2) is 6.49. The maximum absolute atomic E-state index is 12.0. The van der Waals surface area contributed by atoms with E-state index >= 15 is 0 Å². The van der Waals surface area contributed by atoms with Crippen LogP contribution in [0.2, 0.25) is 0 Å². The van der Waals surface area contributed by atoms with Crippen LogP contribution in [0, 0.1) is 0 Å². The van der Waals surface area contributed by atoms with Gasteiger partial charge >= 0.3 is 0 Å². The van der Waals surface area contributed by atoms with E-state index in [-0.39, 0.29) is 10.7 Å². The Morgan fingerprint density at radius 2 is 1.85 bits per heavy atom. The molecule has 2 aromatic rings. The third-order valence-corrected chi connectivity index (χ3v) is 4.37. The van der Waals surface area contributed by atoms with E-state index in [0.717, 1.165) is 12.8 Å². The predicted molar refractivity (Wildman–Crippen MR) is 78.6 cm³/mol. The first kappa shape index (κ1) is 14.5. The molecule has 3 N–H and O–H groups in total. The number of rotatable bonds is 6. The number of pyridine rings is 1. The first-order valence-corrected chi connectivity index (χ1v) is 7.82. The Morgan fingerprint density at radius 3 is 2.55 bits per heavy atom. The van der Waals surface area contributed by atoms with Gasteiger partial charge in [0.25, 0.3) is 0 Å². The quantitative estimate of drug-likeness (QED) is 0.791. The van der Waals surface area contributed by atoms with Crippen molar-refractivity contribution in [2.45, 2.75) is 17.7 Å². The van der Waals surface area contributed by atoms with Gasteiger partial charge < -0.3 is 5.73 Å². The number of nitrogen functional groups attached to an aromatic ring is 1. The lowest BCUT2D eigenvalue weighted by atomic mass is 10.1. The molecule has 1 aromatic carbocycles. The van der Waals surface area contributed by atoms with E-state index in [9.17, 15) is 8.42 Å². The molecule has 0 atom stereocenters. The number of hydrogen-bond acceptors (Lipinski definition) is 4. The average Bonchev–Trinajstić information content (AvgIpc) is 2.45. The van der Waals surface area contributed by atoms with Crippen LogP contribution in [0.4, 0.5) is 5.82 Å². The molecule has 1 aromatic heterocycles. The minimum atomic E-state index is -3.58. The van der Waals surface area contributed by atoms with Gasteiger partial charge in [0.2, 0.25) is 10.0 Å². The topological polar surface area (TPSA) is 85.1 Å². The highest BCUT2D eigenvalue weighted by atomic mass is 32.2. The van der Waals surface area contributed by atoms with E-state index in [1.54, 1.807) is 6.07 Å². The smallest absolute Gasteiger partial charge is 0.244 e. The highest BCUT2D eigenvalue weighted by molar-refractivity contribution is 7.89. The van der Waals surface area contributed by atoms with Crippen molar-refractivity contribution in [2.24, 2.45) is 0 Å². The van der Waals surface area contributed by atoms with Gasteiger partial charge in [0, 0.05) is 12.7 Å². The summed E-state index contributed by atoms with van der Waals surface area (Å²) in [6.45, 7) is 0.367. The van der Waals surface area contributed by atoms with Gasteiger partial charge in [-0.2, -0.15) is 0 Å². The first-order chi connectivity index (χ1) is 9.59. The molecule has 0 amide bonds. The average molecular weight is 291 g/mol. The van der Waals surface area contributed by atoms with Crippen molar-refractivity contribution in [1.29, 1.82) is 0 Å². The molecular formula is C14H17N3O2S. The molecular weight excluding hydrogens is 274 g/mol. The number of nitrogens with zero attached hydrogens (tertiary/aromatic N) is 1. The standard InChI is InChI=1S/C14H17N3O2S/c15-14-13(9-5-10-16-14)20(18,19)17-11-4-8-12-6-2-1-3-7-12/h1-3,5-7,9-10,17H,4,8,11H2,(H2,15,16). The van der Waals surface area contributed by atoms with Gasteiger partial charge in [-0.15, -0.1) is 0 Å². The molecule has 1 heterocycles. The Morgan fingerprint density at radius 1 is 1.10 bits per heavy atom. The zero-order valence-electron chi connectivity index (χ0n) is 11.0. The lowest BCUT2D eigenvalue weighted by molar-refractivity contribution is 0.579. The van der Waals surface area contributed by atoms with Crippen LogP contribution in [0.5, 0.6) is 0 Å². The third-order valence-electron chi connectivity index (χ3n) is 2.87. The van der Waals surface area contributed by atoms with Gasteiger partial charge in [-0.1, -0.05) is 30.3 Å². The molecule has 20 heavy (non-hydrogen) atoms. The van der Waals surface area contributed by atoms with Crippen LogP contribution in [-0.2, 0) is 16.4 Å². The second-order valence-corrected chi connectivity index (χ2v) is 6.11. The molecule has 0 fully saturated rings. The zero-order valence-corrected chi connectivity index (χ0v) is 11.8. The lowest BCUT2D eigenvalue weighted by Crippen LogP contribution is -2.26. The summed E-state index contributed by atoms with van der Waals surface area (Å²) in [7, 11) is -3.58. The molecule has 0 aliphatic carbocycles. The number of benzene rings is 1. The monoisotopic (exact) mass is 291 g/mol. The number of anilines is 1. The van der Waals surface area contributed by atoms with Crippen LogP contribution in [0.1, 0.15) is 12.0 Å². The SMILES string of the molecule is Nc1ncccc1S(=O)(=O)NCCCc1ccccc1. The minimum Gasteiger partial charge on any atom is -0.383 e. The summed E-state index contributed by atoms with van der Waals surface area (Å²) >= 11 is 0. The summed E-state index contributed by atoms with van der Waals surface area (Å²) in [6.07, 6.45) is 3.01. The molecule has 2 rings (SSSR count). The normalized spacial score (nSPS) is 11.4.